The lowest BCUT2D eigenvalue weighted by molar-refractivity contribution is -0.130. The van der Waals surface area contributed by atoms with Gasteiger partial charge in [0, 0.05) is 18.4 Å². The number of carbonyl (C=O) groups excluding carboxylic acids is 2. The number of Topliss-reactive ketones (excluding diaryl/α,β-unsaturated/α-hetero) is 2. The van der Waals surface area contributed by atoms with Crippen molar-refractivity contribution in [1.82, 2.24) is 4.90 Å². The summed E-state index contributed by atoms with van der Waals surface area (Å²) >= 11 is 0. The summed E-state index contributed by atoms with van der Waals surface area (Å²) in [6.45, 7) is 1.90. The Bertz CT molecular complexity index is 1200. The molecule has 0 aromatic heterocycles. The van der Waals surface area contributed by atoms with Crippen molar-refractivity contribution in [3.05, 3.63) is 65.2 Å². The van der Waals surface area contributed by atoms with E-state index < -0.39 is 32.6 Å². The van der Waals surface area contributed by atoms with Gasteiger partial charge in [-0.1, -0.05) is 42.0 Å². The molecule has 1 saturated carbocycles. The molecule has 4 bridgehead atoms. The number of sulfone groups is 1. The first-order valence-corrected chi connectivity index (χ1v) is 12.1. The van der Waals surface area contributed by atoms with Crippen LogP contribution < -0.4 is 0 Å². The van der Waals surface area contributed by atoms with Gasteiger partial charge in [-0.3, -0.25) is 14.5 Å². The zero-order chi connectivity index (χ0) is 20.8. The minimum atomic E-state index is -3.99. The molecule has 2 aromatic carbocycles. The number of carbonyl (C=O) groups is 2. The first kappa shape index (κ1) is 18.5. The van der Waals surface area contributed by atoms with E-state index in [2.05, 4.69) is 4.90 Å². The number of ketones is 2. The van der Waals surface area contributed by atoms with Crippen molar-refractivity contribution in [3.63, 3.8) is 0 Å². The van der Waals surface area contributed by atoms with Crippen LogP contribution in [0, 0.1) is 12.8 Å². The van der Waals surface area contributed by atoms with Crippen LogP contribution in [0.3, 0.4) is 0 Å². The lowest BCUT2D eigenvalue weighted by Crippen LogP contribution is -2.59. The summed E-state index contributed by atoms with van der Waals surface area (Å²) in [4.78, 5) is 29.1. The highest BCUT2D eigenvalue weighted by Gasteiger charge is 2.75. The average Bonchev–Trinajstić information content (AvgIpc) is 3.17. The van der Waals surface area contributed by atoms with Crippen LogP contribution in [-0.4, -0.2) is 35.7 Å². The Hall–Kier alpha value is -2.31. The van der Waals surface area contributed by atoms with Crippen molar-refractivity contribution in [1.29, 1.82) is 0 Å². The number of hydrogen-bond acceptors (Lipinski definition) is 5. The molecule has 0 amide bonds. The molecule has 3 aliphatic heterocycles. The fraction of sp³-hybridized carbons (Fsp3) is 0.417. The van der Waals surface area contributed by atoms with Gasteiger partial charge in [-0.15, -0.1) is 0 Å². The third-order valence-electron chi connectivity index (χ3n) is 7.81. The predicted octanol–water partition coefficient (Wildman–Crippen LogP) is 3.33. The summed E-state index contributed by atoms with van der Waals surface area (Å²) in [6, 6.07) is 13.3. The maximum atomic E-state index is 14.1. The molecule has 3 fully saturated rings. The molecular formula is C24H23NO4S. The van der Waals surface area contributed by atoms with Crippen molar-refractivity contribution in [2.45, 2.75) is 60.4 Å². The Morgan fingerprint density at radius 1 is 1.00 bits per heavy atom. The van der Waals surface area contributed by atoms with E-state index in [0.29, 0.717) is 6.42 Å². The summed E-state index contributed by atoms with van der Waals surface area (Å²) in [6.07, 6.45) is 2.23. The van der Waals surface area contributed by atoms with Gasteiger partial charge in [0.1, 0.15) is 5.78 Å². The molecule has 6 heteroatoms. The van der Waals surface area contributed by atoms with Gasteiger partial charge in [-0.25, -0.2) is 8.42 Å². The third-order valence-corrected chi connectivity index (χ3v) is 10.2. The quantitative estimate of drug-likeness (QED) is 0.744. The number of hydrogen-bond donors (Lipinski definition) is 0. The largest absolute Gasteiger partial charge is 0.299 e. The first-order valence-electron chi connectivity index (χ1n) is 10.6. The van der Waals surface area contributed by atoms with Crippen molar-refractivity contribution in [3.8, 4) is 0 Å². The lowest BCUT2D eigenvalue weighted by atomic mass is 9.70. The molecule has 5 nitrogen and oxygen atoms in total. The van der Waals surface area contributed by atoms with Crippen molar-refractivity contribution in [2.75, 3.05) is 0 Å². The number of fused-ring (bicyclic) bond motifs is 3. The minimum Gasteiger partial charge on any atom is -0.299 e. The molecule has 0 N–H and O–H groups in total. The molecule has 1 aliphatic carbocycles. The highest BCUT2D eigenvalue weighted by Crippen LogP contribution is 2.66. The van der Waals surface area contributed by atoms with Crippen LogP contribution in [0.1, 0.15) is 54.5 Å². The van der Waals surface area contributed by atoms with E-state index in [9.17, 15) is 18.0 Å². The Morgan fingerprint density at radius 2 is 1.70 bits per heavy atom. The molecular weight excluding hydrogens is 398 g/mol. The lowest BCUT2D eigenvalue weighted by Gasteiger charge is -2.48. The van der Waals surface area contributed by atoms with Crippen molar-refractivity contribution >= 4 is 21.4 Å². The summed E-state index contributed by atoms with van der Waals surface area (Å²) in [5.41, 5.74) is 2.82. The molecule has 4 aliphatic rings. The average molecular weight is 422 g/mol. The molecule has 154 valence electrons. The number of aryl methyl sites for hydroxylation is 1. The van der Waals surface area contributed by atoms with Crippen molar-refractivity contribution in [2.24, 2.45) is 5.92 Å². The van der Waals surface area contributed by atoms with Crippen LogP contribution in [0.5, 0.6) is 0 Å². The topological polar surface area (TPSA) is 71.5 Å². The monoisotopic (exact) mass is 421 g/mol. The zero-order valence-corrected chi connectivity index (χ0v) is 17.6. The van der Waals surface area contributed by atoms with Gasteiger partial charge in [0.05, 0.1) is 17.0 Å². The van der Waals surface area contributed by atoms with Crippen LogP contribution in [0.25, 0.3) is 0 Å². The number of benzene rings is 2. The fourth-order valence-corrected chi connectivity index (χ4v) is 8.78. The van der Waals surface area contributed by atoms with Crippen molar-refractivity contribution < 1.29 is 18.0 Å². The smallest absolute Gasteiger partial charge is 0.193 e. The summed E-state index contributed by atoms with van der Waals surface area (Å²) < 4.78 is 26.6. The van der Waals surface area contributed by atoms with Gasteiger partial charge in [0.15, 0.2) is 20.4 Å². The van der Waals surface area contributed by atoms with Gasteiger partial charge >= 0.3 is 0 Å². The summed E-state index contributed by atoms with van der Waals surface area (Å²) in [7, 11) is -3.99. The molecule has 2 aromatic rings. The maximum Gasteiger partial charge on any atom is 0.193 e. The van der Waals surface area contributed by atoms with E-state index >= 15 is 0 Å². The SMILES string of the molecule is Cc1ccc(S(=O)(=O)C23C[C@@H]4C(=O)CCC[C@H]4N4C(C2=O)c2ccccc2C43)cc1. The van der Waals surface area contributed by atoms with E-state index in [0.717, 1.165) is 29.5 Å². The second kappa shape index (κ2) is 5.89. The Labute approximate surface area is 176 Å². The molecule has 2 saturated heterocycles. The van der Waals surface area contributed by atoms with Crippen LogP contribution in [0.4, 0.5) is 0 Å². The summed E-state index contributed by atoms with van der Waals surface area (Å²) in [5, 5.41) is 0. The Kier molecular flexibility index (Phi) is 3.62. The van der Waals surface area contributed by atoms with Gasteiger partial charge < -0.3 is 0 Å². The van der Waals surface area contributed by atoms with E-state index in [1.165, 1.54) is 0 Å². The molecule has 6 atom stereocenters. The van der Waals surface area contributed by atoms with Gasteiger partial charge in [0.25, 0.3) is 0 Å². The third kappa shape index (κ3) is 1.99. The van der Waals surface area contributed by atoms with E-state index in [4.69, 9.17) is 0 Å². The molecule has 3 heterocycles. The Balaban J connectivity index is 1.62. The van der Waals surface area contributed by atoms with Gasteiger partial charge in [-0.05, 0) is 49.4 Å². The van der Waals surface area contributed by atoms with E-state index in [1.807, 2.05) is 31.2 Å². The second-order valence-electron chi connectivity index (χ2n) is 9.19. The molecule has 4 unspecified atom stereocenters. The van der Waals surface area contributed by atoms with Crippen LogP contribution in [-0.2, 0) is 19.4 Å². The van der Waals surface area contributed by atoms with Gasteiger partial charge in [-0.2, -0.15) is 0 Å². The number of piperidine rings is 1. The standard InChI is InChI=1S/C24H23NO4S/c1-14-9-11-15(12-10-14)30(28,29)24-13-18-19(7-4-8-20(18)26)25-21(23(24)27)16-5-2-3-6-17(16)22(24)25/h2-3,5-6,9-12,18-19,21-22H,4,7-8,13H2,1H3/t18-,19+,21?,22?,24?/m0/s1. The molecule has 0 radical (unpaired) electrons. The van der Waals surface area contributed by atoms with Crippen LogP contribution in [0.15, 0.2) is 53.4 Å². The fourth-order valence-electron chi connectivity index (χ4n) is 6.55. The predicted molar refractivity (Wildman–Crippen MR) is 111 cm³/mol. The zero-order valence-electron chi connectivity index (χ0n) is 16.7. The first-order chi connectivity index (χ1) is 14.4. The molecule has 0 spiro atoms. The van der Waals surface area contributed by atoms with Crippen LogP contribution >= 0.6 is 0 Å². The Morgan fingerprint density at radius 3 is 2.43 bits per heavy atom. The maximum absolute atomic E-state index is 14.1. The normalized spacial score (nSPS) is 36.5. The summed E-state index contributed by atoms with van der Waals surface area (Å²) in [5.74, 6) is -0.523. The van der Waals surface area contributed by atoms with E-state index in [-0.39, 0.29) is 28.9 Å². The highest BCUT2D eigenvalue weighted by molar-refractivity contribution is 7.93. The second-order valence-corrected chi connectivity index (χ2v) is 11.4. The van der Waals surface area contributed by atoms with Gasteiger partial charge in [0.2, 0.25) is 0 Å². The van der Waals surface area contributed by atoms with E-state index in [1.54, 1.807) is 24.3 Å². The molecule has 30 heavy (non-hydrogen) atoms. The number of rotatable bonds is 2. The minimum absolute atomic E-state index is 0.0542. The molecule has 6 rings (SSSR count). The number of nitrogens with zero attached hydrogens (tertiary/aromatic N) is 1. The van der Waals surface area contributed by atoms with Crippen LogP contribution in [0.2, 0.25) is 0 Å². The highest BCUT2D eigenvalue weighted by atomic mass is 32.2.